The van der Waals surface area contributed by atoms with Crippen molar-refractivity contribution in [2.24, 2.45) is 5.92 Å². The molecule has 0 bridgehead atoms. The Bertz CT molecular complexity index is 527. The van der Waals surface area contributed by atoms with Crippen LogP contribution in [0.5, 0.6) is 0 Å². The van der Waals surface area contributed by atoms with E-state index in [1.165, 1.54) is 17.2 Å². The van der Waals surface area contributed by atoms with E-state index in [9.17, 15) is 14.9 Å². The van der Waals surface area contributed by atoms with E-state index in [4.69, 9.17) is 0 Å². The van der Waals surface area contributed by atoms with Gasteiger partial charge in [0.25, 0.3) is 0 Å². The Kier molecular flexibility index (Phi) is 3.10. The fourth-order valence-electron chi connectivity index (χ4n) is 1.99. The zero-order chi connectivity index (χ0) is 13.3. The number of hydrogen-bond donors (Lipinski definition) is 0. The fraction of sp³-hybridized carbons (Fsp3) is 0.333. The van der Waals surface area contributed by atoms with Crippen LogP contribution in [-0.2, 0) is 4.79 Å². The van der Waals surface area contributed by atoms with Crippen LogP contribution in [0.25, 0.3) is 0 Å². The van der Waals surface area contributed by atoms with Crippen LogP contribution in [0, 0.1) is 23.0 Å². The molecule has 0 N–H and O–H groups in total. The molecule has 1 atom stereocenters. The molecule has 0 spiro atoms. The van der Waals surface area contributed by atoms with E-state index >= 15 is 0 Å². The second-order valence-electron chi connectivity index (χ2n) is 4.32. The third kappa shape index (κ3) is 2.09. The van der Waals surface area contributed by atoms with Crippen molar-refractivity contribution in [2.75, 3.05) is 11.4 Å². The molecule has 0 radical (unpaired) electrons. The maximum Gasteiger partial charge on any atom is 0.312 e. The highest BCUT2D eigenvalue weighted by molar-refractivity contribution is 5.96. The Morgan fingerprint density at radius 3 is 2.94 bits per heavy atom. The number of aromatic nitrogens is 1. The second-order valence-corrected chi connectivity index (χ2v) is 4.32. The van der Waals surface area contributed by atoms with Gasteiger partial charge in [0.15, 0.2) is 0 Å². The highest BCUT2D eigenvalue weighted by Crippen LogP contribution is 2.31. The lowest BCUT2D eigenvalue weighted by Crippen LogP contribution is -2.26. The first-order chi connectivity index (χ1) is 8.52. The van der Waals surface area contributed by atoms with Crippen LogP contribution in [0.4, 0.5) is 11.5 Å². The maximum atomic E-state index is 11.8. The number of aryl methyl sites for hydroxylation is 1. The van der Waals surface area contributed by atoms with Crippen LogP contribution in [0.3, 0.4) is 0 Å². The van der Waals surface area contributed by atoms with E-state index in [1.54, 1.807) is 13.0 Å². The lowest BCUT2D eigenvalue weighted by Gasteiger charge is -2.14. The van der Waals surface area contributed by atoms with Gasteiger partial charge in [-0.15, -0.1) is 6.58 Å². The van der Waals surface area contributed by atoms with Crippen molar-refractivity contribution in [3.05, 3.63) is 40.6 Å². The lowest BCUT2D eigenvalue weighted by molar-refractivity contribution is -0.384. The van der Waals surface area contributed by atoms with Gasteiger partial charge < -0.3 is 0 Å². The zero-order valence-corrected chi connectivity index (χ0v) is 10.00. The average molecular weight is 247 g/mol. The Labute approximate surface area is 104 Å². The predicted octanol–water partition coefficient (Wildman–Crippen LogP) is 1.84. The fourth-order valence-corrected chi connectivity index (χ4v) is 1.99. The predicted molar refractivity (Wildman–Crippen MR) is 66.3 cm³/mol. The van der Waals surface area contributed by atoms with E-state index in [0.29, 0.717) is 18.5 Å². The molecule has 1 amide bonds. The van der Waals surface area contributed by atoms with Crippen molar-refractivity contribution in [2.45, 2.75) is 13.3 Å². The van der Waals surface area contributed by atoms with Crippen molar-refractivity contribution in [3.8, 4) is 0 Å². The van der Waals surface area contributed by atoms with Crippen LogP contribution < -0.4 is 4.90 Å². The molecule has 1 aromatic rings. The molecule has 2 rings (SSSR count). The molecule has 1 aromatic heterocycles. The molecule has 0 saturated carbocycles. The largest absolute Gasteiger partial charge is 0.312 e. The van der Waals surface area contributed by atoms with Crippen LogP contribution >= 0.6 is 0 Å². The van der Waals surface area contributed by atoms with E-state index in [1.807, 2.05) is 0 Å². The normalized spacial score (nSPS) is 19.1. The van der Waals surface area contributed by atoms with Crippen molar-refractivity contribution in [1.82, 2.24) is 4.98 Å². The highest BCUT2D eigenvalue weighted by atomic mass is 16.6. The van der Waals surface area contributed by atoms with Gasteiger partial charge in [0, 0.05) is 31.1 Å². The minimum atomic E-state index is -0.510. The number of rotatable bonds is 3. The molecule has 18 heavy (non-hydrogen) atoms. The van der Waals surface area contributed by atoms with Crippen molar-refractivity contribution < 1.29 is 9.72 Å². The molecule has 1 aliphatic heterocycles. The Hall–Kier alpha value is -2.24. The molecular formula is C12H13N3O3. The average Bonchev–Trinajstić information content (AvgIpc) is 2.70. The standard InChI is InChI=1S/C12H13N3O3/c1-3-9-5-11(16)14(7-9)12-10(15(17)18)4-8(2)6-13-12/h3-4,6,9H,1,5,7H2,2H3. The molecule has 94 valence electrons. The molecule has 1 aliphatic rings. The van der Waals surface area contributed by atoms with Gasteiger partial charge in [-0.3, -0.25) is 19.8 Å². The van der Waals surface area contributed by atoms with Gasteiger partial charge in [0.1, 0.15) is 0 Å². The molecule has 6 heteroatoms. The Morgan fingerprint density at radius 1 is 1.67 bits per heavy atom. The topological polar surface area (TPSA) is 76.3 Å². The summed E-state index contributed by atoms with van der Waals surface area (Å²) in [4.78, 5) is 27.7. The molecule has 6 nitrogen and oxygen atoms in total. The summed E-state index contributed by atoms with van der Waals surface area (Å²) >= 11 is 0. The van der Waals surface area contributed by atoms with E-state index in [0.717, 1.165) is 0 Å². The summed E-state index contributed by atoms with van der Waals surface area (Å²) in [5.41, 5.74) is 0.561. The van der Waals surface area contributed by atoms with E-state index in [-0.39, 0.29) is 23.3 Å². The molecule has 1 unspecified atom stereocenters. The molecule has 1 fully saturated rings. The zero-order valence-electron chi connectivity index (χ0n) is 10.00. The minimum absolute atomic E-state index is 0.0280. The Balaban J connectivity index is 2.42. The summed E-state index contributed by atoms with van der Waals surface area (Å²) in [5, 5.41) is 11.0. The van der Waals surface area contributed by atoms with E-state index in [2.05, 4.69) is 11.6 Å². The van der Waals surface area contributed by atoms with Crippen LogP contribution in [0.2, 0.25) is 0 Å². The van der Waals surface area contributed by atoms with Gasteiger partial charge in [0.2, 0.25) is 11.7 Å². The van der Waals surface area contributed by atoms with Gasteiger partial charge in [0.05, 0.1) is 4.92 Å². The number of hydrogen-bond acceptors (Lipinski definition) is 4. The number of nitrogens with zero attached hydrogens (tertiary/aromatic N) is 3. The second kappa shape index (κ2) is 4.56. The minimum Gasteiger partial charge on any atom is -0.290 e. The number of pyridine rings is 1. The molecule has 0 aliphatic carbocycles. The monoisotopic (exact) mass is 247 g/mol. The smallest absolute Gasteiger partial charge is 0.290 e. The van der Waals surface area contributed by atoms with Crippen LogP contribution in [0.15, 0.2) is 24.9 Å². The van der Waals surface area contributed by atoms with Crippen LogP contribution in [0.1, 0.15) is 12.0 Å². The quantitative estimate of drug-likeness (QED) is 0.464. The molecule has 2 heterocycles. The first-order valence-corrected chi connectivity index (χ1v) is 5.57. The highest BCUT2D eigenvalue weighted by Gasteiger charge is 2.33. The van der Waals surface area contributed by atoms with Crippen molar-refractivity contribution in [3.63, 3.8) is 0 Å². The Morgan fingerprint density at radius 2 is 2.39 bits per heavy atom. The third-order valence-corrected chi connectivity index (χ3v) is 2.92. The summed E-state index contributed by atoms with van der Waals surface area (Å²) < 4.78 is 0. The van der Waals surface area contributed by atoms with Crippen molar-refractivity contribution in [1.29, 1.82) is 0 Å². The number of carbonyl (C=O) groups is 1. The summed E-state index contributed by atoms with van der Waals surface area (Å²) in [6.45, 7) is 5.77. The molecule has 1 saturated heterocycles. The molecule has 0 aromatic carbocycles. The SMILES string of the molecule is C=CC1CC(=O)N(c2ncc(C)cc2[N+](=O)[O-])C1. The van der Waals surface area contributed by atoms with Gasteiger partial charge in [-0.05, 0) is 12.5 Å². The first kappa shape index (κ1) is 12.2. The summed E-state index contributed by atoms with van der Waals surface area (Å²) in [7, 11) is 0. The van der Waals surface area contributed by atoms with Gasteiger partial charge >= 0.3 is 5.69 Å². The van der Waals surface area contributed by atoms with E-state index < -0.39 is 4.92 Å². The van der Waals surface area contributed by atoms with Crippen LogP contribution in [-0.4, -0.2) is 22.4 Å². The summed E-state index contributed by atoms with van der Waals surface area (Å²) in [6.07, 6.45) is 3.55. The van der Waals surface area contributed by atoms with Gasteiger partial charge in [-0.1, -0.05) is 6.08 Å². The third-order valence-electron chi connectivity index (χ3n) is 2.92. The maximum absolute atomic E-state index is 11.8. The number of carbonyl (C=O) groups excluding carboxylic acids is 1. The first-order valence-electron chi connectivity index (χ1n) is 5.57. The molecular weight excluding hydrogens is 234 g/mol. The van der Waals surface area contributed by atoms with Crippen molar-refractivity contribution >= 4 is 17.4 Å². The van der Waals surface area contributed by atoms with Gasteiger partial charge in [-0.2, -0.15) is 0 Å². The lowest BCUT2D eigenvalue weighted by atomic mass is 10.1. The number of nitro groups is 1. The van der Waals surface area contributed by atoms with Gasteiger partial charge in [-0.25, -0.2) is 4.98 Å². The number of anilines is 1. The number of amides is 1. The summed E-state index contributed by atoms with van der Waals surface area (Å²) in [6, 6.07) is 1.43. The summed E-state index contributed by atoms with van der Waals surface area (Å²) in [5.74, 6) is -0.000454.